The van der Waals surface area contributed by atoms with Crippen LogP contribution in [0.3, 0.4) is 0 Å². The van der Waals surface area contributed by atoms with E-state index in [1.54, 1.807) is 27.7 Å². The minimum Gasteiger partial charge on any atom is -0.444 e. The lowest BCUT2D eigenvalue weighted by atomic mass is 9.83. The Labute approximate surface area is 237 Å². The number of benzene rings is 2. The molecule has 8 heteroatoms. The summed E-state index contributed by atoms with van der Waals surface area (Å²) in [6.07, 6.45) is 3.77. The molecule has 2 aromatic rings. The van der Waals surface area contributed by atoms with Crippen molar-refractivity contribution in [3.63, 3.8) is 0 Å². The number of carbonyl (C=O) groups excluding carboxylic acids is 3. The summed E-state index contributed by atoms with van der Waals surface area (Å²) in [7, 11) is 0. The van der Waals surface area contributed by atoms with Crippen LogP contribution in [0.2, 0.25) is 0 Å². The number of nitrogens with one attached hydrogen (secondary N) is 2. The monoisotopic (exact) mass is 544 g/mol. The predicted molar refractivity (Wildman–Crippen MR) is 155 cm³/mol. The van der Waals surface area contributed by atoms with Crippen LogP contribution in [0.25, 0.3) is 11.1 Å². The molecule has 0 spiro atoms. The van der Waals surface area contributed by atoms with Crippen LogP contribution in [0.4, 0.5) is 10.5 Å². The standard InChI is InChI=1S/C32H40N4O4/c1-6-36-27-18-23(15-16-24(27)19-28(36)37)22-13-11-21(12-14-22)17-26(20-33)34-29(38)32(5,25-9-7-8-10-25)35-30(39)40-31(2,3)4/h11-16,18,25-26H,6-10,17,19H2,1-5H3,(H,34,38)(H,35,39)/t26-,32?/m0/s1. The molecule has 0 aromatic heterocycles. The molecule has 8 nitrogen and oxygen atoms in total. The fraction of sp³-hybridized carbons (Fsp3) is 0.500. The number of ether oxygens (including phenoxy) is 1. The van der Waals surface area contributed by atoms with E-state index >= 15 is 0 Å². The maximum atomic E-state index is 13.6. The van der Waals surface area contributed by atoms with Crippen molar-refractivity contribution in [3.8, 4) is 17.2 Å². The van der Waals surface area contributed by atoms with Gasteiger partial charge in [0.05, 0.1) is 12.5 Å². The van der Waals surface area contributed by atoms with E-state index in [-0.39, 0.29) is 17.7 Å². The smallest absolute Gasteiger partial charge is 0.408 e. The second kappa shape index (κ2) is 11.7. The Kier molecular flexibility index (Phi) is 8.53. The summed E-state index contributed by atoms with van der Waals surface area (Å²) < 4.78 is 5.45. The van der Waals surface area contributed by atoms with Crippen LogP contribution in [0.5, 0.6) is 0 Å². The number of rotatable bonds is 8. The summed E-state index contributed by atoms with van der Waals surface area (Å²) in [4.78, 5) is 40.3. The van der Waals surface area contributed by atoms with Gasteiger partial charge in [-0.25, -0.2) is 4.79 Å². The van der Waals surface area contributed by atoms with Gasteiger partial charge in [-0.1, -0.05) is 49.2 Å². The maximum Gasteiger partial charge on any atom is 0.408 e. The van der Waals surface area contributed by atoms with Gasteiger partial charge in [0.2, 0.25) is 11.8 Å². The lowest BCUT2D eigenvalue weighted by Crippen LogP contribution is -2.62. The third kappa shape index (κ3) is 6.47. The lowest BCUT2D eigenvalue weighted by molar-refractivity contribution is -0.129. The van der Waals surface area contributed by atoms with Crippen molar-refractivity contribution < 1.29 is 19.1 Å². The highest BCUT2D eigenvalue weighted by atomic mass is 16.6. The quantitative estimate of drug-likeness (QED) is 0.469. The minimum atomic E-state index is -1.18. The van der Waals surface area contributed by atoms with Gasteiger partial charge in [0.15, 0.2) is 0 Å². The van der Waals surface area contributed by atoms with Gasteiger partial charge in [0, 0.05) is 18.7 Å². The number of amides is 3. The average molecular weight is 545 g/mol. The van der Waals surface area contributed by atoms with Gasteiger partial charge in [0.25, 0.3) is 0 Å². The third-order valence-corrected chi connectivity index (χ3v) is 7.93. The number of nitrogens with zero attached hydrogens (tertiary/aromatic N) is 2. The number of fused-ring (bicyclic) bond motifs is 1. The molecule has 3 amide bonds. The molecule has 1 aliphatic heterocycles. The first-order chi connectivity index (χ1) is 18.9. The fourth-order valence-corrected chi connectivity index (χ4v) is 5.75. The number of nitriles is 1. The highest BCUT2D eigenvalue weighted by Gasteiger charge is 2.45. The molecule has 212 valence electrons. The van der Waals surface area contributed by atoms with E-state index in [2.05, 4.69) is 22.8 Å². The molecule has 0 bridgehead atoms. The molecular formula is C32H40N4O4. The topological polar surface area (TPSA) is 112 Å². The van der Waals surface area contributed by atoms with Crippen molar-refractivity contribution in [1.29, 1.82) is 5.26 Å². The highest BCUT2D eigenvalue weighted by Crippen LogP contribution is 2.35. The number of carbonyl (C=O) groups is 3. The molecule has 40 heavy (non-hydrogen) atoms. The van der Waals surface area contributed by atoms with Crippen LogP contribution < -0.4 is 15.5 Å². The minimum absolute atomic E-state index is 0.0371. The molecule has 2 aromatic carbocycles. The van der Waals surface area contributed by atoms with Gasteiger partial charge >= 0.3 is 6.09 Å². The van der Waals surface area contributed by atoms with Crippen LogP contribution in [-0.2, 0) is 27.2 Å². The normalized spacial score (nSPS) is 17.5. The van der Waals surface area contributed by atoms with Crippen molar-refractivity contribution in [2.75, 3.05) is 11.4 Å². The van der Waals surface area contributed by atoms with E-state index in [9.17, 15) is 19.6 Å². The molecule has 2 N–H and O–H groups in total. The molecule has 1 fully saturated rings. The zero-order chi connectivity index (χ0) is 29.1. The zero-order valence-corrected chi connectivity index (χ0v) is 24.2. The van der Waals surface area contributed by atoms with Crippen molar-refractivity contribution >= 4 is 23.6 Å². The second-order valence-corrected chi connectivity index (χ2v) is 12.0. The second-order valence-electron chi connectivity index (χ2n) is 12.0. The average Bonchev–Trinajstić information content (AvgIpc) is 3.54. The first-order valence-electron chi connectivity index (χ1n) is 14.2. The fourth-order valence-electron chi connectivity index (χ4n) is 5.75. The number of likely N-dealkylation sites (N-methyl/N-ethyl adjacent to an activating group) is 1. The van der Waals surface area contributed by atoms with Crippen molar-refractivity contribution in [3.05, 3.63) is 53.6 Å². The molecule has 4 rings (SSSR count). The molecule has 1 heterocycles. The Bertz CT molecular complexity index is 1300. The first-order valence-corrected chi connectivity index (χ1v) is 14.2. The SMILES string of the molecule is CCN1C(=O)Cc2ccc(-c3ccc(C[C@@H](C#N)NC(=O)C(C)(NC(=O)OC(C)(C)C)C4CCCC4)cc3)cc21. The lowest BCUT2D eigenvalue weighted by Gasteiger charge is -2.36. The van der Waals surface area contributed by atoms with Crippen LogP contribution in [0.1, 0.15) is 71.4 Å². The summed E-state index contributed by atoms with van der Waals surface area (Å²) >= 11 is 0. The van der Waals surface area contributed by atoms with E-state index in [0.717, 1.165) is 53.6 Å². The van der Waals surface area contributed by atoms with Crippen LogP contribution in [-0.4, -0.2) is 41.6 Å². The van der Waals surface area contributed by atoms with Crippen molar-refractivity contribution in [2.24, 2.45) is 5.92 Å². The Balaban J connectivity index is 1.45. The third-order valence-electron chi connectivity index (χ3n) is 7.93. The van der Waals surface area contributed by atoms with Gasteiger partial charge in [-0.15, -0.1) is 0 Å². The molecule has 1 saturated carbocycles. The molecule has 2 atom stereocenters. The van der Waals surface area contributed by atoms with Crippen LogP contribution in [0, 0.1) is 17.2 Å². The summed E-state index contributed by atoms with van der Waals surface area (Å²) in [6, 6.07) is 15.4. The van der Waals surface area contributed by atoms with Gasteiger partial charge in [-0.05, 0) is 81.7 Å². The molecule has 1 unspecified atom stereocenters. The summed E-state index contributed by atoms with van der Waals surface area (Å²) in [6.45, 7) is 9.69. The van der Waals surface area contributed by atoms with Gasteiger partial charge in [0.1, 0.15) is 17.2 Å². The zero-order valence-electron chi connectivity index (χ0n) is 24.2. The van der Waals surface area contributed by atoms with Gasteiger partial charge in [-0.3, -0.25) is 9.59 Å². The van der Waals surface area contributed by atoms with E-state index in [1.165, 1.54) is 0 Å². The van der Waals surface area contributed by atoms with E-state index in [1.807, 2.05) is 48.2 Å². The predicted octanol–water partition coefficient (Wildman–Crippen LogP) is 5.29. The maximum absolute atomic E-state index is 13.6. The first kappa shape index (κ1) is 29.1. The van der Waals surface area contributed by atoms with Crippen LogP contribution >= 0.6 is 0 Å². The number of hydrogen-bond acceptors (Lipinski definition) is 5. The summed E-state index contributed by atoms with van der Waals surface area (Å²) in [5.41, 5.74) is 3.07. The Morgan fingerprint density at radius 1 is 1.07 bits per heavy atom. The molecular weight excluding hydrogens is 504 g/mol. The van der Waals surface area contributed by atoms with Crippen molar-refractivity contribution in [1.82, 2.24) is 10.6 Å². The van der Waals surface area contributed by atoms with E-state index in [0.29, 0.717) is 19.4 Å². The largest absolute Gasteiger partial charge is 0.444 e. The van der Waals surface area contributed by atoms with Crippen LogP contribution in [0.15, 0.2) is 42.5 Å². The molecule has 0 saturated heterocycles. The number of hydrogen-bond donors (Lipinski definition) is 2. The van der Waals surface area contributed by atoms with Gasteiger partial charge < -0.3 is 20.3 Å². The Hall–Kier alpha value is -3.86. The molecule has 0 radical (unpaired) electrons. The Morgan fingerprint density at radius 3 is 2.33 bits per heavy atom. The van der Waals surface area contributed by atoms with E-state index in [4.69, 9.17) is 4.74 Å². The molecule has 1 aliphatic carbocycles. The Morgan fingerprint density at radius 2 is 1.73 bits per heavy atom. The number of alkyl carbamates (subject to hydrolysis) is 1. The summed E-state index contributed by atoms with van der Waals surface area (Å²) in [5, 5.41) is 15.6. The summed E-state index contributed by atoms with van der Waals surface area (Å²) in [5.74, 6) is -0.286. The van der Waals surface area contributed by atoms with Gasteiger partial charge in [-0.2, -0.15) is 5.26 Å². The van der Waals surface area contributed by atoms with Crippen molar-refractivity contribution in [2.45, 2.75) is 90.3 Å². The number of anilines is 1. The molecule has 2 aliphatic rings. The van der Waals surface area contributed by atoms with E-state index < -0.39 is 23.3 Å². The highest BCUT2D eigenvalue weighted by molar-refractivity contribution is 6.02.